The van der Waals surface area contributed by atoms with Crippen molar-refractivity contribution in [3.8, 4) is 0 Å². The van der Waals surface area contributed by atoms with Gasteiger partial charge in [-0.05, 0) is 18.4 Å². The number of rotatable bonds is 2. The molecule has 2 aliphatic heterocycles. The van der Waals surface area contributed by atoms with E-state index in [1.807, 2.05) is 35.2 Å². The SMILES string of the molecule is O=C1N(C2CCCCC2)C[C@@H]2[C@@H](c3ccccc3)ON[C@]12O. The average molecular weight is 302 g/mol. The minimum absolute atomic E-state index is 0.220. The predicted octanol–water partition coefficient (Wildman–Crippen LogP) is 1.74. The Balaban J connectivity index is 1.59. The summed E-state index contributed by atoms with van der Waals surface area (Å²) in [5.41, 5.74) is 2.05. The van der Waals surface area contributed by atoms with Crippen LogP contribution in [0.2, 0.25) is 0 Å². The number of nitrogens with one attached hydrogen (secondary N) is 1. The first-order valence-corrected chi connectivity index (χ1v) is 8.21. The molecule has 22 heavy (non-hydrogen) atoms. The van der Waals surface area contributed by atoms with Crippen LogP contribution < -0.4 is 5.48 Å². The van der Waals surface area contributed by atoms with Crippen LogP contribution in [0.1, 0.15) is 43.8 Å². The molecule has 0 bridgehead atoms. The first-order valence-electron chi connectivity index (χ1n) is 8.21. The van der Waals surface area contributed by atoms with E-state index >= 15 is 0 Å². The maximum Gasteiger partial charge on any atom is 0.272 e. The molecule has 2 saturated heterocycles. The summed E-state index contributed by atoms with van der Waals surface area (Å²) in [5.74, 6) is -0.479. The Morgan fingerprint density at radius 1 is 1.18 bits per heavy atom. The van der Waals surface area contributed by atoms with Gasteiger partial charge in [0.25, 0.3) is 5.91 Å². The molecule has 5 heteroatoms. The van der Waals surface area contributed by atoms with E-state index in [4.69, 9.17) is 4.84 Å². The molecule has 3 fully saturated rings. The van der Waals surface area contributed by atoms with Gasteiger partial charge in [-0.1, -0.05) is 49.6 Å². The molecular formula is C17H22N2O3. The highest BCUT2D eigenvalue weighted by Crippen LogP contribution is 2.45. The van der Waals surface area contributed by atoms with E-state index in [1.165, 1.54) is 19.3 Å². The highest BCUT2D eigenvalue weighted by Gasteiger charge is 2.62. The molecule has 0 spiro atoms. The molecule has 1 amide bonds. The molecule has 3 aliphatic rings. The summed E-state index contributed by atoms with van der Waals surface area (Å²) in [5, 5.41) is 10.8. The van der Waals surface area contributed by atoms with Gasteiger partial charge in [-0.3, -0.25) is 9.63 Å². The van der Waals surface area contributed by atoms with Gasteiger partial charge in [-0.25, -0.2) is 0 Å². The first-order chi connectivity index (χ1) is 10.7. The molecule has 4 rings (SSSR count). The van der Waals surface area contributed by atoms with Crippen molar-refractivity contribution in [3.05, 3.63) is 35.9 Å². The van der Waals surface area contributed by atoms with Gasteiger partial charge in [-0.15, -0.1) is 0 Å². The van der Waals surface area contributed by atoms with Crippen molar-refractivity contribution in [1.82, 2.24) is 10.4 Å². The number of fused-ring (bicyclic) bond motifs is 1. The van der Waals surface area contributed by atoms with E-state index in [1.54, 1.807) is 0 Å². The van der Waals surface area contributed by atoms with Gasteiger partial charge in [0.1, 0.15) is 6.10 Å². The minimum atomic E-state index is -1.57. The van der Waals surface area contributed by atoms with E-state index in [0.717, 1.165) is 18.4 Å². The quantitative estimate of drug-likeness (QED) is 0.873. The third kappa shape index (κ3) is 2.07. The largest absolute Gasteiger partial charge is 0.366 e. The summed E-state index contributed by atoms with van der Waals surface area (Å²) in [6.07, 6.45) is 5.40. The zero-order chi connectivity index (χ0) is 15.2. The van der Waals surface area contributed by atoms with Gasteiger partial charge >= 0.3 is 0 Å². The highest BCUT2D eigenvalue weighted by atomic mass is 16.7. The van der Waals surface area contributed by atoms with E-state index in [-0.39, 0.29) is 24.0 Å². The number of hydrogen-bond donors (Lipinski definition) is 2. The fourth-order valence-corrected chi connectivity index (χ4v) is 4.12. The molecule has 3 atom stereocenters. The average Bonchev–Trinajstić information content (AvgIpc) is 3.03. The van der Waals surface area contributed by atoms with Crippen LogP contribution in [0.3, 0.4) is 0 Å². The lowest BCUT2D eigenvalue weighted by molar-refractivity contribution is -0.156. The molecule has 0 aromatic heterocycles. The molecule has 1 aromatic rings. The van der Waals surface area contributed by atoms with Crippen molar-refractivity contribution < 1.29 is 14.7 Å². The van der Waals surface area contributed by atoms with Gasteiger partial charge in [0, 0.05) is 12.6 Å². The molecule has 2 N–H and O–H groups in total. The van der Waals surface area contributed by atoms with Crippen molar-refractivity contribution in [3.63, 3.8) is 0 Å². The number of amides is 1. The lowest BCUT2D eigenvalue weighted by Gasteiger charge is -2.32. The van der Waals surface area contributed by atoms with Crippen LogP contribution in [0.5, 0.6) is 0 Å². The van der Waals surface area contributed by atoms with Gasteiger partial charge in [-0.2, -0.15) is 5.48 Å². The van der Waals surface area contributed by atoms with Crippen LogP contribution in [0.25, 0.3) is 0 Å². The summed E-state index contributed by atoms with van der Waals surface area (Å²) < 4.78 is 0. The van der Waals surface area contributed by atoms with E-state index in [2.05, 4.69) is 5.48 Å². The number of benzene rings is 1. The third-order valence-electron chi connectivity index (χ3n) is 5.37. The van der Waals surface area contributed by atoms with Crippen LogP contribution in [0.15, 0.2) is 30.3 Å². The Hall–Kier alpha value is -1.43. The lowest BCUT2D eigenvalue weighted by atomic mass is 9.90. The van der Waals surface area contributed by atoms with Crippen LogP contribution in [-0.2, 0) is 9.63 Å². The first kappa shape index (κ1) is 14.2. The van der Waals surface area contributed by atoms with E-state index in [0.29, 0.717) is 6.54 Å². The maximum atomic E-state index is 12.7. The zero-order valence-corrected chi connectivity index (χ0v) is 12.6. The van der Waals surface area contributed by atoms with Gasteiger partial charge in [0.15, 0.2) is 0 Å². The Bertz CT molecular complexity index is 558. The zero-order valence-electron chi connectivity index (χ0n) is 12.6. The van der Waals surface area contributed by atoms with Crippen LogP contribution in [-0.4, -0.2) is 34.2 Å². The fraction of sp³-hybridized carbons (Fsp3) is 0.588. The number of likely N-dealkylation sites (tertiary alicyclic amines) is 1. The van der Waals surface area contributed by atoms with Crippen molar-refractivity contribution in [2.24, 2.45) is 5.92 Å². The Kier molecular flexibility index (Phi) is 3.44. The van der Waals surface area contributed by atoms with E-state index in [9.17, 15) is 9.90 Å². The number of carbonyl (C=O) groups excluding carboxylic acids is 1. The Morgan fingerprint density at radius 2 is 1.91 bits per heavy atom. The summed E-state index contributed by atoms with van der Waals surface area (Å²) in [6, 6.07) is 10.1. The lowest BCUT2D eigenvalue weighted by Crippen LogP contribution is -2.52. The summed E-state index contributed by atoms with van der Waals surface area (Å²) >= 11 is 0. The summed E-state index contributed by atoms with van der Waals surface area (Å²) in [4.78, 5) is 20.2. The van der Waals surface area contributed by atoms with E-state index < -0.39 is 5.72 Å². The second kappa shape index (κ2) is 5.33. The Morgan fingerprint density at radius 3 is 2.64 bits per heavy atom. The topological polar surface area (TPSA) is 61.8 Å². The van der Waals surface area contributed by atoms with Crippen molar-refractivity contribution in [2.45, 2.75) is 50.0 Å². The number of hydrogen-bond acceptors (Lipinski definition) is 4. The predicted molar refractivity (Wildman–Crippen MR) is 80.4 cm³/mol. The smallest absolute Gasteiger partial charge is 0.272 e. The normalized spacial score (nSPS) is 35.9. The molecule has 2 heterocycles. The number of carbonyl (C=O) groups is 1. The molecule has 1 aliphatic carbocycles. The Labute approximate surface area is 130 Å². The summed E-state index contributed by atoms with van der Waals surface area (Å²) in [7, 11) is 0. The molecule has 1 aromatic carbocycles. The van der Waals surface area contributed by atoms with Crippen LogP contribution in [0, 0.1) is 5.92 Å². The fourth-order valence-electron chi connectivity index (χ4n) is 4.12. The van der Waals surface area contributed by atoms with Crippen molar-refractivity contribution >= 4 is 5.91 Å². The van der Waals surface area contributed by atoms with Crippen molar-refractivity contribution in [1.29, 1.82) is 0 Å². The highest BCUT2D eigenvalue weighted by molar-refractivity contribution is 5.88. The minimum Gasteiger partial charge on any atom is -0.366 e. The molecule has 5 nitrogen and oxygen atoms in total. The second-order valence-corrected chi connectivity index (χ2v) is 6.67. The third-order valence-corrected chi connectivity index (χ3v) is 5.37. The van der Waals surface area contributed by atoms with Gasteiger partial charge in [0.2, 0.25) is 5.72 Å². The standard InChI is InChI=1S/C17H22N2O3/c20-16-17(21)14(11-19(16)13-9-5-2-6-10-13)15(22-18-17)12-7-3-1-4-8-12/h1,3-4,7-8,13-15,18,21H,2,5-6,9-11H2/t14-,15-,17-/m1/s1. The van der Waals surface area contributed by atoms with Crippen molar-refractivity contribution in [2.75, 3.05) is 6.54 Å². The monoisotopic (exact) mass is 302 g/mol. The number of nitrogens with zero attached hydrogens (tertiary/aromatic N) is 1. The molecule has 1 saturated carbocycles. The second-order valence-electron chi connectivity index (χ2n) is 6.67. The molecular weight excluding hydrogens is 280 g/mol. The number of hydroxylamine groups is 1. The van der Waals surface area contributed by atoms with Crippen LogP contribution in [0.4, 0.5) is 0 Å². The molecule has 0 unspecified atom stereocenters. The molecule has 0 radical (unpaired) electrons. The van der Waals surface area contributed by atoms with Crippen LogP contribution >= 0.6 is 0 Å². The summed E-state index contributed by atoms with van der Waals surface area (Å²) in [6.45, 7) is 0.562. The number of aliphatic hydroxyl groups is 1. The maximum absolute atomic E-state index is 12.7. The molecule has 118 valence electrons. The van der Waals surface area contributed by atoms with Gasteiger partial charge in [0.05, 0.1) is 5.92 Å². The van der Waals surface area contributed by atoms with Gasteiger partial charge < -0.3 is 10.0 Å².